The lowest BCUT2D eigenvalue weighted by molar-refractivity contribution is 0.660. The summed E-state index contributed by atoms with van der Waals surface area (Å²) in [6.45, 7) is 6.92. The van der Waals surface area contributed by atoms with Crippen LogP contribution >= 0.6 is 11.3 Å². The predicted molar refractivity (Wildman–Crippen MR) is 110 cm³/mol. The molecular formula is C24H20S. The van der Waals surface area contributed by atoms with Crippen LogP contribution in [-0.2, 0) is 5.41 Å². The minimum atomic E-state index is 0.0596. The fourth-order valence-corrected chi connectivity index (χ4v) is 5.44. The van der Waals surface area contributed by atoms with E-state index < -0.39 is 0 Å². The van der Waals surface area contributed by atoms with Gasteiger partial charge in [-0.3, -0.25) is 0 Å². The molecule has 1 aliphatic rings. The van der Waals surface area contributed by atoms with Crippen LogP contribution in [0, 0.1) is 6.92 Å². The maximum atomic E-state index is 2.42. The van der Waals surface area contributed by atoms with Crippen LogP contribution in [0.1, 0.15) is 29.9 Å². The molecule has 0 aliphatic heterocycles. The molecule has 0 saturated carbocycles. The molecular weight excluding hydrogens is 320 g/mol. The Morgan fingerprint density at radius 1 is 0.720 bits per heavy atom. The molecule has 0 saturated heterocycles. The highest BCUT2D eigenvalue weighted by atomic mass is 32.1. The lowest BCUT2D eigenvalue weighted by atomic mass is 9.82. The maximum Gasteiger partial charge on any atom is 0.0424 e. The van der Waals surface area contributed by atoms with Gasteiger partial charge in [-0.2, -0.15) is 0 Å². The molecule has 1 heterocycles. The highest BCUT2D eigenvalue weighted by Crippen LogP contribution is 2.50. The second-order valence-corrected chi connectivity index (χ2v) is 8.69. The minimum Gasteiger partial charge on any atom is -0.139 e. The van der Waals surface area contributed by atoms with Crippen LogP contribution in [0.15, 0.2) is 66.7 Å². The molecule has 5 rings (SSSR count). The molecule has 0 atom stereocenters. The molecule has 0 bridgehead atoms. The molecule has 0 radical (unpaired) electrons. The third kappa shape index (κ3) is 1.99. The average Bonchev–Trinajstić information content (AvgIpc) is 3.09. The molecule has 0 fully saturated rings. The molecule has 25 heavy (non-hydrogen) atoms. The van der Waals surface area contributed by atoms with Crippen LogP contribution in [-0.4, -0.2) is 0 Å². The highest BCUT2D eigenvalue weighted by Gasteiger charge is 2.35. The summed E-state index contributed by atoms with van der Waals surface area (Å²) in [5.41, 5.74) is 7.07. The molecule has 0 N–H and O–H groups in total. The third-order valence-electron chi connectivity index (χ3n) is 5.65. The van der Waals surface area contributed by atoms with Gasteiger partial charge in [0, 0.05) is 20.6 Å². The first-order valence-electron chi connectivity index (χ1n) is 8.80. The first-order chi connectivity index (χ1) is 12.1. The van der Waals surface area contributed by atoms with E-state index in [1.807, 2.05) is 11.3 Å². The van der Waals surface area contributed by atoms with Gasteiger partial charge in [-0.15, -0.1) is 11.3 Å². The average molecular weight is 340 g/mol. The van der Waals surface area contributed by atoms with E-state index in [4.69, 9.17) is 0 Å². The van der Waals surface area contributed by atoms with Crippen molar-refractivity contribution < 1.29 is 0 Å². The Morgan fingerprint density at radius 3 is 2.24 bits per heavy atom. The first-order valence-corrected chi connectivity index (χ1v) is 9.62. The number of thiophene rings is 1. The summed E-state index contributed by atoms with van der Waals surface area (Å²) in [6, 6.07) is 24.6. The molecule has 0 unspecified atom stereocenters. The lowest BCUT2D eigenvalue weighted by Gasteiger charge is -2.21. The molecule has 0 amide bonds. The molecule has 1 heteroatoms. The second-order valence-electron chi connectivity index (χ2n) is 7.46. The minimum absolute atomic E-state index is 0.0596. The van der Waals surface area contributed by atoms with Crippen LogP contribution in [0.3, 0.4) is 0 Å². The summed E-state index contributed by atoms with van der Waals surface area (Å²) in [7, 11) is 0. The van der Waals surface area contributed by atoms with Crippen molar-refractivity contribution >= 4 is 22.1 Å². The lowest BCUT2D eigenvalue weighted by Crippen LogP contribution is -2.14. The number of fused-ring (bicyclic) bond motifs is 4. The molecule has 4 aromatic rings. The van der Waals surface area contributed by atoms with Gasteiger partial charge in [-0.25, -0.2) is 0 Å². The molecule has 0 nitrogen and oxygen atoms in total. The van der Waals surface area contributed by atoms with Crippen LogP contribution in [0.2, 0.25) is 0 Å². The number of benzene rings is 3. The van der Waals surface area contributed by atoms with Gasteiger partial charge in [-0.1, -0.05) is 74.5 Å². The summed E-state index contributed by atoms with van der Waals surface area (Å²) in [5, 5.41) is 2.75. The zero-order valence-electron chi connectivity index (χ0n) is 14.8. The molecule has 122 valence electrons. The summed E-state index contributed by atoms with van der Waals surface area (Å²) in [6.07, 6.45) is 0. The van der Waals surface area contributed by atoms with Crippen molar-refractivity contribution in [3.8, 4) is 21.6 Å². The van der Waals surface area contributed by atoms with Gasteiger partial charge in [0.25, 0.3) is 0 Å². The number of hydrogen-bond donors (Lipinski definition) is 0. The quantitative estimate of drug-likeness (QED) is 0.344. The van der Waals surface area contributed by atoms with E-state index in [-0.39, 0.29) is 5.41 Å². The second kappa shape index (κ2) is 5.06. The molecule has 3 aromatic carbocycles. The summed E-state index contributed by atoms with van der Waals surface area (Å²) >= 11 is 1.91. The van der Waals surface area contributed by atoms with Crippen LogP contribution < -0.4 is 0 Å². The van der Waals surface area contributed by atoms with Crippen LogP contribution in [0.4, 0.5) is 0 Å². The van der Waals surface area contributed by atoms with Gasteiger partial charge in [0.05, 0.1) is 0 Å². The van der Waals surface area contributed by atoms with Gasteiger partial charge >= 0.3 is 0 Å². The van der Waals surface area contributed by atoms with E-state index in [1.54, 1.807) is 0 Å². The Labute approximate surface area is 152 Å². The standard InChI is InChI=1S/C24H20S/c1-15-17-8-4-5-10-20(17)23(25-15)16-12-13-19-18-9-6-7-11-21(18)24(2,3)22(19)14-16/h4-14H,1-3H3. The Morgan fingerprint density at radius 2 is 1.40 bits per heavy atom. The molecule has 1 aliphatic carbocycles. The largest absolute Gasteiger partial charge is 0.139 e. The van der Waals surface area contributed by atoms with Gasteiger partial charge in [-0.05, 0) is 46.2 Å². The van der Waals surface area contributed by atoms with Crippen LogP contribution in [0.25, 0.3) is 32.3 Å². The number of hydrogen-bond acceptors (Lipinski definition) is 1. The van der Waals surface area contributed by atoms with E-state index in [1.165, 1.54) is 48.3 Å². The highest BCUT2D eigenvalue weighted by molar-refractivity contribution is 7.17. The van der Waals surface area contributed by atoms with E-state index in [9.17, 15) is 0 Å². The van der Waals surface area contributed by atoms with Crippen molar-refractivity contribution in [2.75, 3.05) is 0 Å². The summed E-state index contributed by atoms with van der Waals surface area (Å²) in [5.74, 6) is 0. The van der Waals surface area contributed by atoms with Crippen molar-refractivity contribution in [3.63, 3.8) is 0 Å². The van der Waals surface area contributed by atoms with E-state index in [0.717, 1.165) is 0 Å². The zero-order chi connectivity index (χ0) is 17.2. The number of aryl methyl sites for hydroxylation is 1. The van der Waals surface area contributed by atoms with Crippen molar-refractivity contribution in [3.05, 3.63) is 82.7 Å². The van der Waals surface area contributed by atoms with Gasteiger partial charge in [0.2, 0.25) is 0 Å². The Balaban J connectivity index is 1.76. The monoisotopic (exact) mass is 340 g/mol. The Hall–Kier alpha value is -2.38. The van der Waals surface area contributed by atoms with Gasteiger partial charge in [0.15, 0.2) is 0 Å². The van der Waals surface area contributed by atoms with Crippen LogP contribution in [0.5, 0.6) is 0 Å². The van der Waals surface area contributed by atoms with Crippen molar-refractivity contribution in [1.82, 2.24) is 0 Å². The van der Waals surface area contributed by atoms with E-state index in [0.29, 0.717) is 0 Å². The van der Waals surface area contributed by atoms with E-state index >= 15 is 0 Å². The first kappa shape index (κ1) is 14.9. The fraction of sp³-hybridized carbons (Fsp3) is 0.167. The summed E-state index contributed by atoms with van der Waals surface area (Å²) in [4.78, 5) is 2.79. The predicted octanol–water partition coefficient (Wildman–Crippen LogP) is 7.18. The maximum absolute atomic E-state index is 2.42. The van der Waals surface area contributed by atoms with Crippen molar-refractivity contribution in [1.29, 1.82) is 0 Å². The summed E-state index contributed by atoms with van der Waals surface area (Å²) < 4.78 is 0. The Bertz CT molecular complexity index is 1130. The Kier molecular flexibility index (Phi) is 3.02. The molecule has 1 aromatic heterocycles. The molecule has 0 spiro atoms. The normalized spacial score (nSPS) is 14.5. The topological polar surface area (TPSA) is 0 Å². The van der Waals surface area contributed by atoms with E-state index in [2.05, 4.69) is 87.5 Å². The van der Waals surface area contributed by atoms with Crippen molar-refractivity contribution in [2.24, 2.45) is 0 Å². The van der Waals surface area contributed by atoms with Gasteiger partial charge in [0.1, 0.15) is 0 Å². The SMILES string of the molecule is Cc1sc(-c2ccc3c(c2)C(C)(C)c2ccccc2-3)c2ccccc12. The third-order valence-corrected chi connectivity index (χ3v) is 6.84. The van der Waals surface area contributed by atoms with Crippen molar-refractivity contribution in [2.45, 2.75) is 26.2 Å². The fourth-order valence-electron chi connectivity index (χ4n) is 4.31. The number of rotatable bonds is 1. The zero-order valence-corrected chi connectivity index (χ0v) is 15.6. The smallest absolute Gasteiger partial charge is 0.0424 e. The van der Waals surface area contributed by atoms with Gasteiger partial charge < -0.3 is 0 Å².